The molecule has 6 nitrogen and oxygen atoms in total. The number of allylic oxidation sites excluding steroid dienone is 2. The van der Waals surface area contributed by atoms with Crippen LogP contribution in [0.3, 0.4) is 0 Å². The number of rotatable bonds is 5. The van der Waals surface area contributed by atoms with Crippen LogP contribution in [0.1, 0.15) is 24.8 Å². The molecule has 3 rings (SSSR count). The highest BCUT2D eigenvalue weighted by molar-refractivity contribution is 7.90. The molecule has 0 aliphatic carbocycles. The molecule has 25 heavy (non-hydrogen) atoms. The second-order valence-corrected chi connectivity index (χ2v) is 7.80. The molecule has 0 saturated heterocycles. The summed E-state index contributed by atoms with van der Waals surface area (Å²) in [7, 11) is -3.51. The van der Waals surface area contributed by atoms with Gasteiger partial charge in [0.25, 0.3) is 15.9 Å². The van der Waals surface area contributed by atoms with Crippen molar-refractivity contribution in [3.8, 4) is 0 Å². The van der Waals surface area contributed by atoms with Gasteiger partial charge in [-0.15, -0.1) is 4.40 Å². The molecule has 0 aromatic heterocycles. The Bertz CT molecular complexity index is 842. The van der Waals surface area contributed by atoms with Gasteiger partial charge in [0, 0.05) is 25.2 Å². The van der Waals surface area contributed by atoms with E-state index in [1.165, 1.54) is 5.56 Å². The van der Waals surface area contributed by atoms with E-state index >= 15 is 0 Å². The zero-order valence-corrected chi connectivity index (χ0v) is 14.9. The number of carbonyl (C=O) groups is 1. The summed E-state index contributed by atoms with van der Waals surface area (Å²) in [4.78, 5) is 14.3. The molecule has 2 aliphatic heterocycles. The van der Waals surface area contributed by atoms with Gasteiger partial charge in [-0.2, -0.15) is 0 Å². The monoisotopic (exact) mass is 359 g/mol. The van der Waals surface area contributed by atoms with Crippen LogP contribution in [0.5, 0.6) is 0 Å². The van der Waals surface area contributed by atoms with Crippen LogP contribution in [-0.2, 0) is 14.8 Å². The molecule has 1 unspecified atom stereocenters. The van der Waals surface area contributed by atoms with Gasteiger partial charge in [-0.3, -0.25) is 4.79 Å². The normalized spacial score (nSPS) is 19.5. The second kappa shape index (κ2) is 7.23. The Morgan fingerprint density at radius 3 is 2.80 bits per heavy atom. The Kier molecular flexibility index (Phi) is 5.03. The molecule has 1 aromatic rings. The molecular weight excluding hydrogens is 338 g/mol. The van der Waals surface area contributed by atoms with E-state index in [9.17, 15) is 13.2 Å². The van der Waals surface area contributed by atoms with E-state index in [1.54, 1.807) is 23.3 Å². The van der Waals surface area contributed by atoms with Gasteiger partial charge in [-0.1, -0.05) is 37.3 Å². The van der Waals surface area contributed by atoms with Crippen molar-refractivity contribution in [1.82, 2.24) is 10.2 Å². The van der Waals surface area contributed by atoms with E-state index in [4.69, 9.17) is 0 Å². The topological polar surface area (TPSA) is 78.8 Å². The number of hydrogen-bond acceptors (Lipinski definition) is 4. The van der Waals surface area contributed by atoms with Crippen molar-refractivity contribution in [2.45, 2.75) is 19.3 Å². The van der Waals surface area contributed by atoms with Gasteiger partial charge in [-0.05, 0) is 24.1 Å². The molecule has 0 saturated carbocycles. The summed E-state index contributed by atoms with van der Waals surface area (Å²) in [5.41, 5.74) is 1.45. The van der Waals surface area contributed by atoms with Crippen molar-refractivity contribution >= 4 is 21.8 Å². The van der Waals surface area contributed by atoms with Gasteiger partial charge in [0.05, 0.1) is 11.3 Å². The van der Waals surface area contributed by atoms with Crippen LogP contribution in [0, 0.1) is 0 Å². The first-order valence-electron chi connectivity index (χ1n) is 8.31. The van der Waals surface area contributed by atoms with Crippen molar-refractivity contribution in [1.29, 1.82) is 0 Å². The maximum absolute atomic E-state index is 12.6. The number of fused-ring (bicyclic) bond motifs is 1. The molecule has 1 atom stereocenters. The minimum atomic E-state index is -3.51. The Balaban J connectivity index is 1.73. The largest absolute Gasteiger partial charge is 0.351 e. The summed E-state index contributed by atoms with van der Waals surface area (Å²) >= 11 is 0. The van der Waals surface area contributed by atoms with E-state index < -0.39 is 10.0 Å². The number of amides is 1. The average molecular weight is 359 g/mol. The van der Waals surface area contributed by atoms with Crippen LogP contribution < -0.4 is 5.32 Å². The van der Waals surface area contributed by atoms with Crippen LogP contribution in [0.2, 0.25) is 0 Å². The zero-order chi connectivity index (χ0) is 17.9. The minimum Gasteiger partial charge on any atom is -0.351 e. The highest BCUT2D eigenvalue weighted by atomic mass is 32.2. The number of sulfonamides is 1. The second-order valence-electron chi connectivity index (χ2n) is 6.04. The molecule has 0 radical (unpaired) electrons. The zero-order valence-electron chi connectivity index (χ0n) is 14.1. The molecule has 132 valence electrons. The Labute approximate surface area is 148 Å². The fourth-order valence-electron chi connectivity index (χ4n) is 2.93. The molecule has 0 fully saturated rings. The van der Waals surface area contributed by atoms with E-state index in [1.807, 2.05) is 30.3 Å². The quantitative estimate of drug-likeness (QED) is 0.869. The first-order chi connectivity index (χ1) is 12.0. The van der Waals surface area contributed by atoms with Gasteiger partial charge in [0.15, 0.2) is 5.84 Å². The maximum Gasteiger partial charge on any atom is 0.256 e. The lowest BCUT2D eigenvalue weighted by molar-refractivity contribution is -0.117. The Hall–Kier alpha value is -2.41. The van der Waals surface area contributed by atoms with Gasteiger partial charge >= 0.3 is 0 Å². The van der Waals surface area contributed by atoms with E-state index in [2.05, 4.69) is 16.6 Å². The molecule has 0 bridgehead atoms. The first-order valence-corrected chi connectivity index (χ1v) is 9.92. The Morgan fingerprint density at radius 1 is 1.32 bits per heavy atom. The van der Waals surface area contributed by atoms with Crippen LogP contribution in [-0.4, -0.2) is 43.9 Å². The molecule has 7 heteroatoms. The number of carbonyl (C=O) groups excluding carboxylic acids is 1. The van der Waals surface area contributed by atoms with Crippen molar-refractivity contribution in [3.63, 3.8) is 0 Å². The first kappa shape index (κ1) is 17.4. The van der Waals surface area contributed by atoms with E-state index in [-0.39, 0.29) is 29.0 Å². The van der Waals surface area contributed by atoms with Gasteiger partial charge in [-0.25, -0.2) is 8.42 Å². The summed E-state index contributed by atoms with van der Waals surface area (Å²) in [5.74, 6) is 0.0679. The van der Waals surface area contributed by atoms with E-state index in [0.717, 1.165) is 6.42 Å². The third-order valence-corrected chi connectivity index (χ3v) is 5.52. The lowest BCUT2D eigenvalue weighted by Gasteiger charge is -2.28. The highest BCUT2D eigenvalue weighted by Crippen LogP contribution is 2.20. The summed E-state index contributed by atoms with van der Waals surface area (Å²) in [6.45, 7) is 2.87. The Morgan fingerprint density at radius 2 is 2.08 bits per heavy atom. The lowest BCUT2D eigenvalue weighted by atomic mass is 9.96. The summed E-state index contributed by atoms with van der Waals surface area (Å²) in [6.07, 6.45) is 5.98. The van der Waals surface area contributed by atoms with Crippen molar-refractivity contribution < 1.29 is 13.2 Å². The maximum atomic E-state index is 12.6. The van der Waals surface area contributed by atoms with Crippen LogP contribution in [0.25, 0.3) is 0 Å². The average Bonchev–Trinajstić information content (AvgIpc) is 2.61. The summed E-state index contributed by atoms with van der Waals surface area (Å²) in [6, 6.07) is 10.0. The smallest absolute Gasteiger partial charge is 0.256 e. The standard InChI is InChI=1S/C18H21N3O3S/c1-2-14(15-7-4-3-5-8-15)13-19-18(22)16-9-6-10-21-11-12-25(23,24)20-17(16)21/h3-10,14H,2,11-13H2,1H3,(H,19,22). The molecule has 1 aromatic carbocycles. The minimum absolute atomic E-state index is 0.0400. The fourth-order valence-corrected chi connectivity index (χ4v) is 3.91. The van der Waals surface area contributed by atoms with Crippen LogP contribution >= 0.6 is 0 Å². The van der Waals surface area contributed by atoms with Crippen LogP contribution in [0.4, 0.5) is 0 Å². The van der Waals surface area contributed by atoms with Crippen molar-refractivity contribution in [2.24, 2.45) is 4.40 Å². The SMILES string of the molecule is CCC(CNC(=O)C1=CC=CN2CCS(=O)(=O)N=C12)c1ccccc1. The number of amidine groups is 1. The summed E-state index contributed by atoms with van der Waals surface area (Å²) < 4.78 is 27.3. The number of nitrogens with zero attached hydrogens (tertiary/aromatic N) is 2. The number of nitrogens with one attached hydrogen (secondary N) is 1. The van der Waals surface area contributed by atoms with Crippen molar-refractivity contribution in [2.75, 3.05) is 18.8 Å². The van der Waals surface area contributed by atoms with Crippen molar-refractivity contribution in [3.05, 3.63) is 59.8 Å². The van der Waals surface area contributed by atoms with Gasteiger partial charge in [0.2, 0.25) is 0 Å². The van der Waals surface area contributed by atoms with Gasteiger partial charge in [0.1, 0.15) is 0 Å². The lowest BCUT2D eigenvalue weighted by Crippen LogP contribution is -2.42. The molecular formula is C18H21N3O3S. The molecule has 1 N–H and O–H groups in total. The molecule has 0 spiro atoms. The highest BCUT2D eigenvalue weighted by Gasteiger charge is 2.30. The number of hydrogen-bond donors (Lipinski definition) is 1. The predicted octanol–water partition coefficient (Wildman–Crippen LogP) is 1.79. The van der Waals surface area contributed by atoms with E-state index in [0.29, 0.717) is 13.1 Å². The predicted molar refractivity (Wildman–Crippen MR) is 97.6 cm³/mol. The molecule has 2 heterocycles. The van der Waals surface area contributed by atoms with Gasteiger partial charge < -0.3 is 10.2 Å². The summed E-state index contributed by atoms with van der Waals surface area (Å²) in [5, 5.41) is 2.92. The fraction of sp³-hybridized carbons (Fsp3) is 0.333. The number of benzene rings is 1. The molecule has 2 aliphatic rings. The third kappa shape index (κ3) is 3.99. The third-order valence-electron chi connectivity index (χ3n) is 4.37. The van der Waals surface area contributed by atoms with Crippen LogP contribution in [0.15, 0.2) is 58.7 Å². The molecule has 1 amide bonds.